The summed E-state index contributed by atoms with van der Waals surface area (Å²) < 4.78 is 2.00. The van der Waals surface area contributed by atoms with Crippen molar-refractivity contribution in [3.05, 3.63) is 92.3 Å². The van der Waals surface area contributed by atoms with E-state index < -0.39 is 0 Å². The molecule has 0 fully saturated rings. The van der Waals surface area contributed by atoms with E-state index >= 15 is 0 Å². The molecule has 0 saturated carbocycles. The molecule has 0 radical (unpaired) electrons. The third kappa shape index (κ3) is 4.44. The van der Waals surface area contributed by atoms with Gasteiger partial charge in [0, 0.05) is 31.7 Å². The van der Waals surface area contributed by atoms with Crippen LogP contribution in [0.3, 0.4) is 0 Å². The number of carbonyl (C=O) groups is 1. The number of nitrogens with one attached hydrogen (secondary N) is 2. The van der Waals surface area contributed by atoms with Gasteiger partial charge in [-0.1, -0.05) is 48.3 Å². The van der Waals surface area contributed by atoms with Crippen LogP contribution in [0.1, 0.15) is 34.6 Å². The van der Waals surface area contributed by atoms with Crippen LogP contribution in [0.15, 0.2) is 59.6 Å². The first kappa shape index (κ1) is 22.6. The van der Waals surface area contributed by atoms with Crippen LogP contribution in [-0.2, 0) is 19.5 Å². The van der Waals surface area contributed by atoms with Gasteiger partial charge in [0.15, 0.2) is 11.6 Å². The normalized spacial score (nSPS) is 12.4. The number of anilines is 1. The molecule has 2 N–H and O–H groups in total. The lowest BCUT2D eigenvalue weighted by atomic mass is 10.0. The summed E-state index contributed by atoms with van der Waals surface area (Å²) in [6.45, 7) is 2.67. The quantitative estimate of drug-likeness (QED) is 0.352. The molecule has 2 amide bonds. The number of thiophene rings is 1. The highest BCUT2D eigenvalue weighted by Gasteiger charge is 2.26. The molecular weight excluding hydrogens is 491 g/mol. The van der Waals surface area contributed by atoms with E-state index in [1.807, 2.05) is 28.8 Å². The summed E-state index contributed by atoms with van der Waals surface area (Å²) in [7, 11) is 0. The van der Waals surface area contributed by atoms with E-state index in [0.29, 0.717) is 33.9 Å². The second-order valence-electron chi connectivity index (χ2n) is 7.61. The third-order valence-corrected chi connectivity index (χ3v) is 7.23. The molecule has 0 atom stereocenters. The van der Waals surface area contributed by atoms with Gasteiger partial charge in [0.2, 0.25) is 0 Å². The summed E-state index contributed by atoms with van der Waals surface area (Å²) in [4.78, 5) is 18.5. The van der Waals surface area contributed by atoms with Crippen molar-refractivity contribution in [2.45, 2.75) is 26.4 Å². The van der Waals surface area contributed by atoms with Crippen molar-refractivity contribution in [1.82, 2.24) is 20.1 Å². The van der Waals surface area contributed by atoms with E-state index in [-0.39, 0.29) is 12.6 Å². The molecule has 0 aliphatic carbocycles. The maximum Gasteiger partial charge on any atom is 0.319 e. The number of rotatable bonds is 5. The summed E-state index contributed by atoms with van der Waals surface area (Å²) in [6.07, 6.45) is 0.891. The summed E-state index contributed by atoms with van der Waals surface area (Å²) in [5, 5.41) is 16.6. The Bertz CT molecular complexity index is 1390. The third-order valence-electron chi connectivity index (χ3n) is 5.38. The number of hydrogen-bond acceptors (Lipinski definition) is 5. The van der Waals surface area contributed by atoms with E-state index in [1.165, 1.54) is 4.88 Å². The van der Waals surface area contributed by atoms with E-state index in [2.05, 4.69) is 33.8 Å². The average molecular weight is 511 g/mol. The Morgan fingerprint density at radius 3 is 2.65 bits per heavy atom. The number of aryl methyl sites for hydroxylation is 1. The van der Waals surface area contributed by atoms with Crippen molar-refractivity contribution in [3.8, 4) is 5.00 Å². The fourth-order valence-corrected chi connectivity index (χ4v) is 5.22. The minimum absolute atomic E-state index is 0.201. The molecule has 0 spiro atoms. The largest absolute Gasteiger partial charge is 0.331 e. The molecule has 3 heterocycles. The molecule has 10 heteroatoms. The van der Waals surface area contributed by atoms with Crippen molar-refractivity contribution in [3.63, 3.8) is 0 Å². The van der Waals surface area contributed by atoms with E-state index in [1.54, 1.807) is 35.6 Å². The van der Waals surface area contributed by atoms with Gasteiger partial charge >= 0.3 is 6.03 Å². The minimum Gasteiger partial charge on any atom is -0.331 e. The molecule has 7 nitrogen and oxygen atoms in total. The Morgan fingerprint density at radius 1 is 1.09 bits per heavy atom. The number of hydrogen-bond donors (Lipinski definition) is 2. The van der Waals surface area contributed by atoms with Crippen molar-refractivity contribution >= 4 is 52.0 Å². The number of halogens is 2. The van der Waals surface area contributed by atoms with Gasteiger partial charge in [-0.25, -0.2) is 4.79 Å². The maximum absolute atomic E-state index is 12.5. The van der Waals surface area contributed by atoms with Gasteiger partial charge in [0.1, 0.15) is 11.5 Å². The fourth-order valence-electron chi connectivity index (χ4n) is 3.73. The van der Waals surface area contributed by atoms with Crippen LogP contribution < -0.4 is 10.6 Å². The predicted octanol–water partition coefficient (Wildman–Crippen LogP) is 5.87. The molecule has 2 aromatic carbocycles. The number of urea groups is 1. The predicted molar refractivity (Wildman–Crippen MR) is 137 cm³/mol. The monoisotopic (exact) mass is 510 g/mol. The van der Waals surface area contributed by atoms with Gasteiger partial charge in [0.05, 0.1) is 12.3 Å². The average Bonchev–Trinajstić information content (AvgIpc) is 3.41. The van der Waals surface area contributed by atoms with Gasteiger partial charge in [-0.3, -0.25) is 9.56 Å². The molecule has 4 aromatic rings. The molecule has 0 saturated heterocycles. The summed E-state index contributed by atoms with van der Waals surface area (Å²) in [5.41, 5.74) is 3.35. The molecule has 5 rings (SSSR count). The van der Waals surface area contributed by atoms with E-state index in [4.69, 9.17) is 28.2 Å². The molecule has 2 aromatic heterocycles. The number of amides is 2. The number of fused-ring (bicyclic) bond motifs is 3. The maximum atomic E-state index is 12.5. The highest BCUT2D eigenvalue weighted by atomic mass is 35.5. The zero-order valence-corrected chi connectivity index (χ0v) is 20.5. The van der Waals surface area contributed by atoms with Crippen LogP contribution >= 0.6 is 34.5 Å². The van der Waals surface area contributed by atoms with E-state index in [9.17, 15) is 4.79 Å². The van der Waals surface area contributed by atoms with Crippen LogP contribution in [0, 0.1) is 0 Å². The highest BCUT2D eigenvalue weighted by molar-refractivity contribution is 7.15. The topological polar surface area (TPSA) is 84.2 Å². The van der Waals surface area contributed by atoms with Gasteiger partial charge < -0.3 is 10.6 Å². The van der Waals surface area contributed by atoms with Gasteiger partial charge in [0.25, 0.3) is 0 Å². The summed E-state index contributed by atoms with van der Waals surface area (Å²) >= 11 is 14.1. The number of aliphatic imine (C=N–C) groups is 1. The first-order valence-corrected chi connectivity index (χ1v) is 12.3. The second kappa shape index (κ2) is 9.58. The van der Waals surface area contributed by atoms with Crippen LogP contribution in [0.2, 0.25) is 10.0 Å². The fraction of sp³-hybridized carbons (Fsp3) is 0.167. The molecule has 1 aliphatic rings. The van der Waals surface area contributed by atoms with Crippen LogP contribution in [-0.4, -0.2) is 26.5 Å². The summed E-state index contributed by atoms with van der Waals surface area (Å²) in [6, 6.07) is 16.4. The lowest BCUT2D eigenvalue weighted by Crippen LogP contribution is -2.29. The van der Waals surface area contributed by atoms with Crippen molar-refractivity contribution in [1.29, 1.82) is 0 Å². The Labute approximate surface area is 210 Å². The molecule has 34 heavy (non-hydrogen) atoms. The molecule has 0 bridgehead atoms. The smallest absolute Gasteiger partial charge is 0.319 e. The molecular formula is C24H20Cl2N6OS. The Kier molecular flexibility index (Phi) is 6.36. The Hall–Kier alpha value is -3.20. The molecule has 1 aliphatic heterocycles. The highest BCUT2D eigenvalue weighted by Crippen LogP contribution is 2.34. The van der Waals surface area contributed by atoms with Crippen molar-refractivity contribution in [2.75, 3.05) is 5.32 Å². The SMILES string of the molecule is CCc1cc2c(s1)-n1c(nnc1CNC(=O)Nc1ccc(Cl)cc1)CN=C2c1ccccc1Cl. The number of carbonyl (C=O) groups excluding carboxylic acids is 1. The van der Waals surface area contributed by atoms with Crippen LogP contribution in [0.4, 0.5) is 10.5 Å². The Balaban J connectivity index is 1.44. The zero-order chi connectivity index (χ0) is 23.7. The second-order valence-corrected chi connectivity index (χ2v) is 9.57. The van der Waals surface area contributed by atoms with Crippen LogP contribution in [0.5, 0.6) is 0 Å². The lowest BCUT2D eigenvalue weighted by Gasteiger charge is -2.11. The molecule has 0 unspecified atom stereocenters. The van der Waals surface area contributed by atoms with Gasteiger partial charge in [-0.2, -0.15) is 0 Å². The van der Waals surface area contributed by atoms with Gasteiger partial charge in [-0.05, 0) is 42.8 Å². The number of aromatic nitrogens is 3. The number of nitrogens with zero attached hydrogens (tertiary/aromatic N) is 4. The summed E-state index contributed by atoms with van der Waals surface area (Å²) in [5.74, 6) is 1.34. The van der Waals surface area contributed by atoms with Gasteiger partial charge in [-0.15, -0.1) is 21.5 Å². The minimum atomic E-state index is -0.345. The van der Waals surface area contributed by atoms with E-state index in [0.717, 1.165) is 28.3 Å². The Morgan fingerprint density at radius 2 is 1.88 bits per heavy atom. The van der Waals surface area contributed by atoms with Crippen molar-refractivity contribution < 1.29 is 4.79 Å². The lowest BCUT2D eigenvalue weighted by molar-refractivity contribution is 0.251. The standard InChI is InChI=1S/C24H20Cl2N6OS/c1-2-16-11-18-22(17-5-3-4-6-19(17)26)27-12-20-30-31-21(32(20)23(18)34-16)13-28-24(33)29-15-9-7-14(25)8-10-15/h3-11H,2,12-13H2,1H3,(H2,28,29,33). The van der Waals surface area contributed by atoms with Crippen LogP contribution in [0.25, 0.3) is 5.00 Å². The number of benzene rings is 2. The zero-order valence-electron chi connectivity index (χ0n) is 18.2. The first-order chi connectivity index (χ1) is 16.5. The van der Waals surface area contributed by atoms with Crippen molar-refractivity contribution in [2.24, 2.45) is 4.99 Å². The molecule has 172 valence electrons. The first-order valence-electron chi connectivity index (χ1n) is 10.7.